The third-order valence-electron chi connectivity index (χ3n) is 6.04. The molecule has 1 aromatic rings. The van der Waals surface area contributed by atoms with Crippen LogP contribution in [0.5, 0.6) is 0 Å². The van der Waals surface area contributed by atoms with Crippen molar-refractivity contribution in [1.82, 2.24) is 0 Å². The Kier molecular flexibility index (Phi) is 4.14. The van der Waals surface area contributed by atoms with Gasteiger partial charge in [-0.25, -0.2) is 0 Å². The second kappa shape index (κ2) is 6.20. The van der Waals surface area contributed by atoms with E-state index in [-0.39, 0.29) is 18.3 Å². The number of hydrogen-bond acceptors (Lipinski definition) is 4. The molecule has 0 saturated heterocycles. The van der Waals surface area contributed by atoms with Crippen molar-refractivity contribution < 1.29 is 14.3 Å². The maximum absolute atomic E-state index is 12.2. The minimum absolute atomic E-state index is 0.106. The number of thioether (sulfide) groups is 1. The first-order valence-corrected chi connectivity index (χ1v) is 9.74. The summed E-state index contributed by atoms with van der Waals surface area (Å²) in [4.78, 5) is 25.4. The molecule has 3 aliphatic carbocycles. The van der Waals surface area contributed by atoms with Gasteiger partial charge in [0.05, 0.1) is 17.4 Å². The molecule has 1 aromatic carbocycles. The van der Waals surface area contributed by atoms with E-state index in [0.717, 1.165) is 22.9 Å². The molecule has 1 fully saturated rings. The normalized spacial score (nSPS) is 29.0. The van der Waals surface area contributed by atoms with E-state index < -0.39 is 5.25 Å². The van der Waals surface area contributed by atoms with E-state index in [4.69, 9.17) is 4.74 Å². The Bertz CT molecular complexity index is 755. The fraction of sp³-hybridized carbons (Fsp3) is 0.500. The smallest absolute Gasteiger partial charge is 0.307 e. The number of amides is 1. The number of hydrogen-bond donors (Lipinski definition) is 1. The Morgan fingerprint density at radius 1 is 1.36 bits per heavy atom. The van der Waals surface area contributed by atoms with Crippen molar-refractivity contribution in [3.63, 3.8) is 0 Å². The molecule has 0 unspecified atom stereocenters. The molecule has 4 nitrogen and oxygen atoms in total. The number of benzene rings is 1. The van der Waals surface area contributed by atoms with Gasteiger partial charge in [-0.2, -0.15) is 0 Å². The van der Waals surface area contributed by atoms with Crippen molar-refractivity contribution in [3.05, 3.63) is 35.9 Å². The van der Waals surface area contributed by atoms with E-state index in [1.807, 2.05) is 24.3 Å². The number of anilines is 1. The van der Waals surface area contributed by atoms with Gasteiger partial charge < -0.3 is 10.1 Å². The Balaban J connectivity index is 1.33. The lowest BCUT2D eigenvalue weighted by Crippen LogP contribution is -2.48. The molecule has 0 radical (unpaired) electrons. The largest absolute Gasteiger partial charge is 0.461 e. The standard InChI is InChI=1S/C20H23NO3S/c1-20(2)13-8-7-12(14(20)9-13)11-24-18(22)10-17-19(23)21-15-5-3-4-6-16(15)25-17/h3-7,13-14,17H,8-11H2,1-2H3,(H,21,23)/t13-,14-,17+/m0/s1. The molecule has 25 heavy (non-hydrogen) atoms. The van der Waals surface area contributed by atoms with Crippen LogP contribution in [0.2, 0.25) is 0 Å². The molecule has 1 heterocycles. The third-order valence-corrected chi connectivity index (χ3v) is 7.32. The summed E-state index contributed by atoms with van der Waals surface area (Å²) >= 11 is 1.44. The zero-order chi connectivity index (χ0) is 17.6. The molecule has 1 aliphatic heterocycles. The molecule has 5 rings (SSSR count). The molecule has 4 aliphatic rings. The molecule has 0 aromatic heterocycles. The lowest BCUT2D eigenvalue weighted by molar-refractivity contribution is -0.144. The number of para-hydroxylation sites is 1. The average molecular weight is 357 g/mol. The van der Waals surface area contributed by atoms with Crippen LogP contribution < -0.4 is 5.32 Å². The minimum Gasteiger partial charge on any atom is -0.461 e. The van der Waals surface area contributed by atoms with Crippen molar-refractivity contribution in [2.75, 3.05) is 11.9 Å². The van der Waals surface area contributed by atoms with Crippen LogP contribution >= 0.6 is 11.8 Å². The average Bonchev–Trinajstić information content (AvgIpc) is 2.60. The predicted octanol–water partition coefficient (Wildman–Crippen LogP) is 4.03. The number of rotatable bonds is 4. The second-order valence-electron chi connectivity index (χ2n) is 7.78. The highest BCUT2D eigenvalue weighted by atomic mass is 32.2. The SMILES string of the molecule is CC1(C)[C@H]2CC=C(COC(=O)C[C@H]3Sc4ccccc4NC3=O)[C@@H]1C2. The molecule has 2 bridgehead atoms. The van der Waals surface area contributed by atoms with Crippen LogP contribution in [0.1, 0.15) is 33.1 Å². The summed E-state index contributed by atoms with van der Waals surface area (Å²) in [6.45, 7) is 4.98. The summed E-state index contributed by atoms with van der Waals surface area (Å²) in [7, 11) is 0. The summed E-state index contributed by atoms with van der Waals surface area (Å²) in [6.07, 6.45) is 4.66. The Hall–Kier alpha value is -1.75. The quantitative estimate of drug-likeness (QED) is 0.653. The van der Waals surface area contributed by atoms with Gasteiger partial charge in [-0.3, -0.25) is 9.59 Å². The molecular formula is C20H23NO3S. The predicted molar refractivity (Wildman–Crippen MR) is 98.4 cm³/mol. The first kappa shape index (κ1) is 16.7. The third kappa shape index (κ3) is 2.99. The van der Waals surface area contributed by atoms with Crippen LogP contribution in [0, 0.1) is 17.3 Å². The highest BCUT2D eigenvalue weighted by molar-refractivity contribution is 8.01. The molecule has 0 spiro atoms. The van der Waals surface area contributed by atoms with Crippen molar-refractivity contribution >= 4 is 29.3 Å². The van der Waals surface area contributed by atoms with E-state index in [9.17, 15) is 9.59 Å². The monoisotopic (exact) mass is 357 g/mol. The van der Waals surface area contributed by atoms with E-state index in [0.29, 0.717) is 17.9 Å². The fourth-order valence-electron chi connectivity index (χ4n) is 4.24. The number of carbonyl (C=O) groups is 2. The number of fused-ring (bicyclic) bond motifs is 2. The van der Waals surface area contributed by atoms with Crippen molar-refractivity contribution in [2.24, 2.45) is 17.3 Å². The zero-order valence-electron chi connectivity index (χ0n) is 14.6. The highest BCUT2D eigenvalue weighted by Gasteiger charge is 2.51. The molecule has 5 heteroatoms. The van der Waals surface area contributed by atoms with Gasteiger partial charge >= 0.3 is 5.97 Å². The maximum Gasteiger partial charge on any atom is 0.307 e. The minimum atomic E-state index is -0.424. The Labute approximate surface area is 152 Å². The van der Waals surface area contributed by atoms with Crippen LogP contribution in [-0.4, -0.2) is 23.7 Å². The van der Waals surface area contributed by atoms with Crippen LogP contribution in [0.3, 0.4) is 0 Å². The first-order valence-electron chi connectivity index (χ1n) is 8.86. The lowest BCUT2D eigenvalue weighted by Gasteiger charge is -2.56. The summed E-state index contributed by atoms with van der Waals surface area (Å²) < 4.78 is 5.51. The van der Waals surface area contributed by atoms with Crippen molar-refractivity contribution in [3.8, 4) is 0 Å². The van der Waals surface area contributed by atoms with Crippen LogP contribution in [0.15, 0.2) is 40.8 Å². The molecular weight excluding hydrogens is 334 g/mol. The highest BCUT2D eigenvalue weighted by Crippen LogP contribution is 2.59. The first-order chi connectivity index (χ1) is 11.9. The molecule has 1 saturated carbocycles. The Morgan fingerprint density at radius 2 is 2.16 bits per heavy atom. The number of nitrogens with one attached hydrogen (secondary N) is 1. The second-order valence-corrected chi connectivity index (χ2v) is 9.02. The van der Waals surface area contributed by atoms with Gasteiger partial charge in [0, 0.05) is 4.90 Å². The molecule has 1 N–H and O–H groups in total. The fourth-order valence-corrected chi connectivity index (χ4v) is 5.34. The maximum atomic E-state index is 12.2. The van der Waals surface area contributed by atoms with Crippen molar-refractivity contribution in [1.29, 1.82) is 0 Å². The number of carbonyl (C=O) groups excluding carboxylic acids is 2. The van der Waals surface area contributed by atoms with E-state index in [1.165, 1.54) is 23.8 Å². The summed E-state index contributed by atoms with van der Waals surface area (Å²) in [5.41, 5.74) is 2.41. The van der Waals surface area contributed by atoms with Gasteiger partial charge in [0.25, 0.3) is 0 Å². The van der Waals surface area contributed by atoms with Crippen LogP contribution in [-0.2, 0) is 14.3 Å². The van der Waals surface area contributed by atoms with Gasteiger partial charge in [-0.15, -0.1) is 11.8 Å². The summed E-state index contributed by atoms with van der Waals surface area (Å²) in [6, 6.07) is 7.65. The summed E-state index contributed by atoms with van der Waals surface area (Å²) in [5.74, 6) is 0.894. The summed E-state index contributed by atoms with van der Waals surface area (Å²) in [5, 5.41) is 2.44. The zero-order valence-corrected chi connectivity index (χ0v) is 15.4. The van der Waals surface area contributed by atoms with Gasteiger partial charge in [-0.1, -0.05) is 32.1 Å². The molecule has 132 valence electrons. The number of ether oxygens (including phenoxy) is 1. The number of allylic oxidation sites excluding steroid dienone is 1. The topological polar surface area (TPSA) is 55.4 Å². The Morgan fingerprint density at radius 3 is 2.92 bits per heavy atom. The van der Waals surface area contributed by atoms with Gasteiger partial charge in [0.2, 0.25) is 5.91 Å². The van der Waals surface area contributed by atoms with E-state index >= 15 is 0 Å². The van der Waals surface area contributed by atoms with Crippen LogP contribution in [0.4, 0.5) is 5.69 Å². The van der Waals surface area contributed by atoms with E-state index in [2.05, 4.69) is 25.2 Å². The molecule has 3 atom stereocenters. The van der Waals surface area contributed by atoms with E-state index in [1.54, 1.807) is 0 Å². The van der Waals surface area contributed by atoms with Crippen LogP contribution in [0.25, 0.3) is 0 Å². The van der Waals surface area contributed by atoms with Gasteiger partial charge in [0.15, 0.2) is 0 Å². The van der Waals surface area contributed by atoms with Gasteiger partial charge in [0.1, 0.15) is 6.61 Å². The molecule has 1 amide bonds. The lowest BCUT2D eigenvalue weighted by atomic mass is 9.49. The van der Waals surface area contributed by atoms with Crippen molar-refractivity contribution in [2.45, 2.75) is 43.3 Å². The number of esters is 1. The van der Waals surface area contributed by atoms with Gasteiger partial charge in [-0.05, 0) is 47.8 Å².